The van der Waals surface area contributed by atoms with Crippen molar-refractivity contribution in [2.24, 2.45) is 4.99 Å². The van der Waals surface area contributed by atoms with Crippen LogP contribution in [0.25, 0.3) is 0 Å². The van der Waals surface area contributed by atoms with Gasteiger partial charge in [0.25, 0.3) is 0 Å². The molecule has 1 aliphatic rings. The molecule has 1 aromatic carbocycles. The average molecular weight is 473 g/mol. The second kappa shape index (κ2) is 13.2. The number of nitrogens with one attached hydrogen (secondary N) is 2. The van der Waals surface area contributed by atoms with E-state index < -0.39 is 0 Å². The quantitative estimate of drug-likeness (QED) is 0.346. The van der Waals surface area contributed by atoms with Gasteiger partial charge in [-0.1, -0.05) is 32.0 Å². The molecule has 0 aliphatic carbocycles. The largest absolute Gasteiger partial charge is 0.371 e. The lowest BCUT2D eigenvalue weighted by molar-refractivity contribution is 0.292. The predicted octanol–water partition coefficient (Wildman–Crippen LogP) is 3.17. The first kappa shape index (κ1) is 23.0. The lowest BCUT2D eigenvalue weighted by atomic mass is 10.0. The minimum absolute atomic E-state index is 0. The lowest BCUT2D eigenvalue weighted by Gasteiger charge is -2.34. The second-order valence-corrected chi connectivity index (χ2v) is 6.67. The molecule has 0 unspecified atom stereocenters. The molecule has 0 radical (unpaired) electrons. The molecule has 1 saturated heterocycles. The fourth-order valence-electron chi connectivity index (χ4n) is 3.39. The first-order valence-corrected chi connectivity index (χ1v) is 9.76. The summed E-state index contributed by atoms with van der Waals surface area (Å²) in [6, 6.07) is 11.2. The van der Waals surface area contributed by atoms with Crippen molar-refractivity contribution in [1.82, 2.24) is 15.5 Å². The van der Waals surface area contributed by atoms with Gasteiger partial charge in [0.15, 0.2) is 5.96 Å². The molecule has 26 heavy (non-hydrogen) atoms. The van der Waals surface area contributed by atoms with Crippen LogP contribution in [0.1, 0.15) is 33.1 Å². The first-order valence-electron chi connectivity index (χ1n) is 9.76. The number of hydrogen-bond acceptors (Lipinski definition) is 3. The summed E-state index contributed by atoms with van der Waals surface area (Å²) < 4.78 is 0. The summed E-state index contributed by atoms with van der Waals surface area (Å²) in [4.78, 5) is 9.33. The second-order valence-electron chi connectivity index (χ2n) is 6.67. The maximum atomic E-state index is 4.39. The van der Waals surface area contributed by atoms with Crippen molar-refractivity contribution in [3.05, 3.63) is 30.3 Å². The van der Waals surface area contributed by atoms with E-state index in [0.717, 1.165) is 51.5 Å². The Bertz CT molecular complexity index is 500. The fourth-order valence-corrected chi connectivity index (χ4v) is 3.39. The number of hydrogen-bond donors (Lipinski definition) is 2. The van der Waals surface area contributed by atoms with Crippen molar-refractivity contribution in [2.45, 2.75) is 39.2 Å². The number of likely N-dealkylation sites (N-methyl/N-ethyl adjacent to an activating group) is 1. The van der Waals surface area contributed by atoms with Gasteiger partial charge in [0.1, 0.15) is 0 Å². The lowest BCUT2D eigenvalue weighted by Crippen LogP contribution is -2.49. The van der Waals surface area contributed by atoms with Crippen LogP contribution < -0.4 is 15.5 Å². The van der Waals surface area contributed by atoms with Crippen LogP contribution in [0.15, 0.2) is 35.3 Å². The Morgan fingerprint density at radius 3 is 2.42 bits per heavy atom. The number of benzene rings is 1. The number of piperidine rings is 1. The van der Waals surface area contributed by atoms with Gasteiger partial charge in [0.05, 0.1) is 0 Å². The van der Waals surface area contributed by atoms with Gasteiger partial charge in [-0.2, -0.15) is 0 Å². The Morgan fingerprint density at radius 1 is 1.15 bits per heavy atom. The number of anilines is 1. The van der Waals surface area contributed by atoms with Crippen LogP contribution in [0.4, 0.5) is 5.69 Å². The molecule has 2 rings (SSSR count). The fraction of sp³-hybridized carbons (Fsp3) is 0.650. The highest BCUT2D eigenvalue weighted by Gasteiger charge is 2.20. The van der Waals surface area contributed by atoms with E-state index in [1.165, 1.54) is 18.7 Å². The predicted molar refractivity (Wildman–Crippen MR) is 124 cm³/mol. The summed E-state index contributed by atoms with van der Waals surface area (Å²) in [5, 5.41) is 7.06. The molecular weight excluding hydrogens is 437 g/mol. The van der Waals surface area contributed by atoms with E-state index in [1.54, 1.807) is 0 Å². The van der Waals surface area contributed by atoms with Crippen LogP contribution in [-0.4, -0.2) is 63.2 Å². The SMILES string of the molecule is CCCN(CC)CCNC(=NC)NC1CCN(c2ccccc2)CC1.I. The average Bonchev–Trinajstić information content (AvgIpc) is 2.67. The molecule has 6 heteroatoms. The van der Waals surface area contributed by atoms with E-state index >= 15 is 0 Å². The van der Waals surface area contributed by atoms with Crippen molar-refractivity contribution in [3.63, 3.8) is 0 Å². The van der Waals surface area contributed by atoms with Crippen molar-refractivity contribution >= 4 is 35.6 Å². The third-order valence-electron chi connectivity index (χ3n) is 4.89. The monoisotopic (exact) mass is 473 g/mol. The Kier molecular flexibility index (Phi) is 11.7. The summed E-state index contributed by atoms with van der Waals surface area (Å²) in [5.74, 6) is 0.936. The van der Waals surface area contributed by atoms with Gasteiger partial charge in [-0.05, 0) is 44.5 Å². The molecule has 1 aromatic rings. The molecule has 1 aliphatic heterocycles. The van der Waals surface area contributed by atoms with E-state index in [-0.39, 0.29) is 24.0 Å². The van der Waals surface area contributed by atoms with Crippen molar-refractivity contribution in [1.29, 1.82) is 0 Å². The Labute approximate surface area is 176 Å². The minimum atomic E-state index is 0. The third kappa shape index (κ3) is 7.70. The number of halogens is 1. The number of rotatable bonds is 8. The van der Waals surface area contributed by atoms with Gasteiger partial charge in [-0.3, -0.25) is 4.99 Å². The minimum Gasteiger partial charge on any atom is -0.371 e. The maximum absolute atomic E-state index is 4.39. The van der Waals surface area contributed by atoms with E-state index in [9.17, 15) is 0 Å². The Hall–Kier alpha value is -1.02. The van der Waals surface area contributed by atoms with Crippen LogP contribution >= 0.6 is 24.0 Å². The van der Waals surface area contributed by atoms with Gasteiger partial charge in [0, 0.05) is 45.0 Å². The number of nitrogens with zero attached hydrogens (tertiary/aromatic N) is 3. The first-order chi connectivity index (χ1) is 12.3. The van der Waals surface area contributed by atoms with E-state index in [1.807, 2.05) is 7.05 Å². The normalized spacial score (nSPS) is 15.7. The maximum Gasteiger partial charge on any atom is 0.191 e. The highest BCUT2D eigenvalue weighted by Crippen LogP contribution is 2.19. The van der Waals surface area contributed by atoms with Gasteiger partial charge in [0.2, 0.25) is 0 Å². The van der Waals surface area contributed by atoms with Crippen molar-refractivity contribution < 1.29 is 0 Å². The van der Waals surface area contributed by atoms with Crippen LogP contribution in [0.3, 0.4) is 0 Å². The highest BCUT2D eigenvalue weighted by molar-refractivity contribution is 14.0. The molecule has 1 fully saturated rings. The topological polar surface area (TPSA) is 42.9 Å². The molecule has 0 atom stereocenters. The summed E-state index contributed by atoms with van der Waals surface area (Å²) in [6.45, 7) is 10.9. The van der Waals surface area contributed by atoms with Crippen LogP contribution in [0.2, 0.25) is 0 Å². The van der Waals surface area contributed by atoms with Crippen molar-refractivity contribution in [2.75, 3.05) is 51.2 Å². The van der Waals surface area contributed by atoms with E-state index in [4.69, 9.17) is 0 Å². The molecular formula is C20H36IN5. The summed E-state index contributed by atoms with van der Waals surface area (Å²) in [7, 11) is 1.86. The highest BCUT2D eigenvalue weighted by atomic mass is 127. The molecule has 0 bridgehead atoms. The molecule has 1 heterocycles. The molecule has 2 N–H and O–H groups in total. The van der Waals surface area contributed by atoms with E-state index in [0.29, 0.717) is 6.04 Å². The van der Waals surface area contributed by atoms with E-state index in [2.05, 4.69) is 69.6 Å². The number of guanidine groups is 1. The van der Waals surface area contributed by atoms with Gasteiger partial charge in [-0.15, -0.1) is 24.0 Å². The van der Waals surface area contributed by atoms with Crippen LogP contribution in [0, 0.1) is 0 Å². The Balaban J connectivity index is 0.00000338. The molecule has 0 aromatic heterocycles. The Morgan fingerprint density at radius 2 is 1.85 bits per heavy atom. The number of para-hydroxylation sites is 1. The standard InChI is InChI=1S/C20H35N5.HI/c1-4-14-24(5-2)17-13-22-20(21-3)23-18-11-15-25(16-12-18)19-9-7-6-8-10-19;/h6-10,18H,4-5,11-17H2,1-3H3,(H2,21,22,23);1H. The third-order valence-corrected chi connectivity index (χ3v) is 4.89. The van der Waals surface area contributed by atoms with Crippen LogP contribution in [-0.2, 0) is 0 Å². The van der Waals surface area contributed by atoms with Gasteiger partial charge in [-0.25, -0.2) is 0 Å². The zero-order valence-electron chi connectivity index (χ0n) is 16.6. The summed E-state index contributed by atoms with van der Waals surface area (Å²) in [6.07, 6.45) is 3.50. The molecule has 0 spiro atoms. The van der Waals surface area contributed by atoms with Gasteiger partial charge < -0.3 is 20.4 Å². The van der Waals surface area contributed by atoms with Gasteiger partial charge >= 0.3 is 0 Å². The van der Waals surface area contributed by atoms with Crippen LogP contribution in [0.5, 0.6) is 0 Å². The van der Waals surface area contributed by atoms with Crippen molar-refractivity contribution in [3.8, 4) is 0 Å². The smallest absolute Gasteiger partial charge is 0.191 e. The zero-order chi connectivity index (χ0) is 17.9. The molecule has 148 valence electrons. The molecule has 0 amide bonds. The summed E-state index contributed by atoms with van der Waals surface area (Å²) >= 11 is 0. The molecule has 0 saturated carbocycles. The molecule has 5 nitrogen and oxygen atoms in total. The zero-order valence-corrected chi connectivity index (χ0v) is 18.9. The number of aliphatic imine (C=N–C) groups is 1. The summed E-state index contributed by atoms with van der Waals surface area (Å²) in [5.41, 5.74) is 1.33.